The van der Waals surface area contributed by atoms with E-state index in [0.29, 0.717) is 5.66 Å². The van der Waals surface area contributed by atoms with Gasteiger partial charge in [-0.3, -0.25) is 0 Å². The molecule has 0 heterocycles. The molecule has 0 saturated carbocycles. The summed E-state index contributed by atoms with van der Waals surface area (Å²) in [6, 6.07) is 41.1. The minimum absolute atomic E-state index is 0. The summed E-state index contributed by atoms with van der Waals surface area (Å²) in [5, 5.41) is 4.37. The fraction of sp³-hybridized carbons (Fsp3) is 0.200. The van der Waals surface area contributed by atoms with Gasteiger partial charge in [0.25, 0.3) is 0 Å². The zero-order valence-electron chi connectivity index (χ0n) is 18.6. The molecule has 0 fully saturated rings. The van der Waals surface area contributed by atoms with Gasteiger partial charge >= 0.3 is 0 Å². The van der Waals surface area contributed by atoms with E-state index in [1.807, 2.05) is 0 Å². The van der Waals surface area contributed by atoms with Crippen LogP contribution in [0.15, 0.2) is 109 Å². The highest BCUT2D eigenvalue weighted by molar-refractivity contribution is 7.95. The van der Waals surface area contributed by atoms with E-state index in [9.17, 15) is 0 Å². The normalized spacial score (nSPS) is 14.2. The summed E-state index contributed by atoms with van der Waals surface area (Å²) in [5.41, 5.74) is 5.01. The highest BCUT2D eigenvalue weighted by atomic mass is 79.9. The Labute approximate surface area is 203 Å². The van der Waals surface area contributed by atoms with Gasteiger partial charge in [-0.1, -0.05) is 72.8 Å². The molecule has 1 aliphatic carbocycles. The van der Waals surface area contributed by atoms with Crippen LogP contribution < -0.4 is 32.9 Å². The van der Waals surface area contributed by atoms with E-state index < -0.39 is 7.26 Å². The Balaban J connectivity index is 0.00000245. The number of fused-ring (bicyclic) bond motifs is 1. The van der Waals surface area contributed by atoms with Crippen LogP contribution >= 0.6 is 7.26 Å². The molecule has 4 aromatic carbocycles. The first-order chi connectivity index (χ1) is 15.3. The van der Waals surface area contributed by atoms with Crippen LogP contribution in [-0.4, -0.2) is 0 Å². The number of benzene rings is 4. The third-order valence-electron chi connectivity index (χ3n) is 6.93. The Bertz CT molecular complexity index is 1040. The zero-order valence-corrected chi connectivity index (χ0v) is 21.1. The van der Waals surface area contributed by atoms with Crippen molar-refractivity contribution in [1.82, 2.24) is 0 Å². The van der Waals surface area contributed by atoms with E-state index >= 15 is 0 Å². The van der Waals surface area contributed by atoms with Crippen LogP contribution in [0.5, 0.6) is 0 Å². The van der Waals surface area contributed by atoms with Gasteiger partial charge in [-0.25, -0.2) is 0 Å². The predicted molar refractivity (Wildman–Crippen MR) is 137 cm³/mol. The topological polar surface area (TPSA) is 0 Å². The lowest BCUT2D eigenvalue weighted by atomic mass is 9.90. The highest BCUT2D eigenvalue weighted by Gasteiger charge is 2.50. The van der Waals surface area contributed by atoms with E-state index in [0.717, 1.165) is 0 Å². The Kier molecular flexibility index (Phi) is 7.29. The van der Waals surface area contributed by atoms with Crippen molar-refractivity contribution in [3.8, 4) is 0 Å². The van der Waals surface area contributed by atoms with Crippen molar-refractivity contribution in [1.29, 1.82) is 0 Å². The zero-order chi connectivity index (χ0) is 21.1. The van der Waals surface area contributed by atoms with Gasteiger partial charge in [0.1, 0.15) is 28.8 Å². The largest absolute Gasteiger partial charge is 1.00 e. The Morgan fingerprint density at radius 2 is 1.00 bits per heavy atom. The standard InChI is InChI=1S/C30H30P.BrH/c1-24(26-22-21-25-13-11-12-14-27(25)23-26)31(28-15-5-2-6-16-28,29-17-7-3-8-18-29)30-19-9-4-10-20-30;/h2-10,15-24H,11-14H2,1H3;1H/q+1;/p-1. The predicted octanol–water partition coefficient (Wildman–Crippen LogP) is 3.62. The molecule has 0 radical (unpaired) electrons. The molecule has 0 saturated heterocycles. The van der Waals surface area contributed by atoms with Crippen molar-refractivity contribution in [2.75, 3.05) is 0 Å². The summed E-state index contributed by atoms with van der Waals surface area (Å²) < 4.78 is 0. The van der Waals surface area contributed by atoms with Gasteiger partial charge in [0, 0.05) is 0 Å². The van der Waals surface area contributed by atoms with Gasteiger partial charge < -0.3 is 17.0 Å². The molecule has 2 heteroatoms. The lowest BCUT2D eigenvalue weighted by Crippen LogP contribution is -3.00. The molecule has 162 valence electrons. The minimum Gasteiger partial charge on any atom is -1.00 e. The van der Waals surface area contributed by atoms with Crippen molar-refractivity contribution in [2.45, 2.75) is 38.3 Å². The lowest BCUT2D eigenvalue weighted by molar-refractivity contribution is -0.00000605. The summed E-state index contributed by atoms with van der Waals surface area (Å²) in [7, 11) is -1.90. The van der Waals surface area contributed by atoms with E-state index in [1.54, 1.807) is 11.1 Å². The molecule has 0 spiro atoms. The first-order valence-corrected chi connectivity index (χ1v) is 13.3. The molecular weight excluding hydrogens is 471 g/mol. The third-order valence-corrected chi connectivity index (χ3v) is 11.7. The van der Waals surface area contributed by atoms with Gasteiger partial charge in [-0.15, -0.1) is 0 Å². The second-order valence-electron chi connectivity index (χ2n) is 8.64. The molecule has 0 aliphatic heterocycles. The molecule has 0 N–H and O–H groups in total. The van der Waals surface area contributed by atoms with E-state index in [4.69, 9.17) is 0 Å². The average Bonchev–Trinajstić information content (AvgIpc) is 2.86. The van der Waals surface area contributed by atoms with Gasteiger partial charge in [0.2, 0.25) is 0 Å². The number of aryl methyl sites for hydroxylation is 2. The van der Waals surface area contributed by atoms with Gasteiger partial charge in [-0.2, -0.15) is 0 Å². The van der Waals surface area contributed by atoms with Crippen molar-refractivity contribution in [2.24, 2.45) is 0 Å². The Morgan fingerprint density at radius 3 is 1.47 bits per heavy atom. The van der Waals surface area contributed by atoms with Crippen LogP contribution in [0.25, 0.3) is 0 Å². The molecule has 1 unspecified atom stereocenters. The number of rotatable bonds is 5. The molecule has 1 aliphatic rings. The smallest absolute Gasteiger partial charge is 0.119 e. The first-order valence-electron chi connectivity index (χ1n) is 11.5. The van der Waals surface area contributed by atoms with Crippen LogP contribution in [-0.2, 0) is 12.8 Å². The van der Waals surface area contributed by atoms with Crippen LogP contribution in [0.4, 0.5) is 0 Å². The van der Waals surface area contributed by atoms with E-state index in [2.05, 4.69) is 116 Å². The second-order valence-corrected chi connectivity index (χ2v) is 12.4. The summed E-state index contributed by atoms with van der Waals surface area (Å²) >= 11 is 0. The number of halogens is 1. The SMILES string of the molecule is CC(c1ccc2c(c1)CCCC2)[P+](c1ccccc1)(c1ccccc1)c1ccccc1.[Br-]. The molecule has 0 amide bonds. The van der Waals surface area contributed by atoms with Gasteiger partial charge in [0.15, 0.2) is 0 Å². The molecule has 5 rings (SSSR count). The van der Waals surface area contributed by atoms with Gasteiger partial charge in [-0.05, 0) is 85.7 Å². The third kappa shape index (κ3) is 4.09. The monoisotopic (exact) mass is 500 g/mol. The summed E-state index contributed by atoms with van der Waals surface area (Å²) in [6.07, 6.45) is 5.11. The number of hydrogen-bond acceptors (Lipinski definition) is 0. The van der Waals surface area contributed by atoms with Crippen LogP contribution in [0, 0.1) is 0 Å². The average molecular weight is 501 g/mol. The van der Waals surface area contributed by atoms with Crippen LogP contribution in [0.1, 0.15) is 42.1 Å². The quantitative estimate of drug-likeness (QED) is 0.367. The first kappa shape index (κ1) is 23.0. The van der Waals surface area contributed by atoms with Gasteiger partial charge in [0.05, 0.1) is 0 Å². The molecule has 32 heavy (non-hydrogen) atoms. The maximum atomic E-state index is 2.53. The second kappa shape index (κ2) is 10.2. The Morgan fingerprint density at radius 1 is 0.562 bits per heavy atom. The van der Waals surface area contributed by atoms with Crippen molar-refractivity contribution in [3.63, 3.8) is 0 Å². The summed E-state index contributed by atoms with van der Waals surface area (Å²) in [5.74, 6) is 0. The molecule has 4 aromatic rings. The van der Waals surface area contributed by atoms with Crippen LogP contribution in [0.2, 0.25) is 0 Å². The Hall–Kier alpha value is -2.21. The summed E-state index contributed by atoms with van der Waals surface area (Å²) in [6.45, 7) is 2.46. The highest BCUT2D eigenvalue weighted by Crippen LogP contribution is 2.66. The van der Waals surface area contributed by atoms with Crippen molar-refractivity contribution in [3.05, 3.63) is 126 Å². The van der Waals surface area contributed by atoms with E-state index in [1.165, 1.54) is 47.2 Å². The van der Waals surface area contributed by atoms with E-state index in [-0.39, 0.29) is 17.0 Å². The number of hydrogen-bond donors (Lipinski definition) is 0. The summed E-state index contributed by atoms with van der Waals surface area (Å²) in [4.78, 5) is 0. The molecule has 1 atom stereocenters. The fourth-order valence-electron chi connectivity index (χ4n) is 5.34. The maximum Gasteiger partial charge on any atom is 0.119 e. The fourth-order valence-corrected chi connectivity index (χ4v) is 10.1. The minimum atomic E-state index is -1.90. The van der Waals surface area contributed by atoms with Crippen LogP contribution in [0.3, 0.4) is 0 Å². The van der Waals surface area contributed by atoms with Crippen molar-refractivity contribution >= 4 is 23.2 Å². The maximum absolute atomic E-state index is 2.53. The molecular formula is C30H30BrP. The molecule has 0 aromatic heterocycles. The molecule has 0 bridgehead atoms. The lowest BCUT2D eigenvalue weighted by Gasteiger charge is -2.33. The van der Waals surface area contributed by atoms with Crippen molar-refractivity contribution < 1.29 is 17.0 Å². The molecule has 0 nitrogen and oxygen atoms in total.